The van der Waals surface area contributed by atoms with Gasteiger partial charge in [0.15, 0.2) is 0 Å². The maximum atomic E-state index is 4.93. The van der Waals surface area contributed by atoms with Crippen molar-refractivity contribution < 1.29 is 20.8 Å². The van der Waals surface area contributed by atoms with Gasteiger partial charge in [0.1, 0.15) is 0 Å². The van der Waals surface area contributed by atoms with Gasteiger partial charge in [-0.15, -0.1) is 0 Å². The molecule has 0 N–H and O–H groups in total. The van der Waals surface area contributed by atoms with E-state index in [1.807, 2.05) is 0 Å². The van der Waals surface area contributed by atoms with E-state index in [1.165, 1.54) is 77.0 Å². The first kappa shape index (κ1) is 18.2. The van der Waals surface area contributed by atoms with E-state index in [2.05, 4.69) is 12.2 Å². The average molecular weight is 429 g/mol. The van der Waals surface area contributed by atoms with Crippen LogP contribution in [0.1, 0.15) is 77.0 Å². The molecular formula is C20H26Cl2Zr. The molecule has 4 aliphatic rings. The minimum absolute atomic E-state index is 0.826. The van der Waals surface area contributed by atoms with Gasteiger partial charge < -0.3 is 0 Å². The van der Waals surface area contributed by atoms with Crippen molar-refractivity contribution in [2.24, 2.45) is 0 Å². The summed E-state index contributed by atoms with van der Waals surface area (Å²) in [4.78, 5) is 0. The fourth-order valence-corrected chi connectivity index (χ4v) is 4.66. The number of fused-ring (bicyclic) bond motifs is 2. The molecule has 0 aromatic rings. The summed E-state index contributed by atoms with van der Waals surface area (Å²) in [6.45, 7) is 0. The van der Waals surface area contributed by atoms with Crippen molar-refractivity contribution in [1.82, 2.24) is 0 Å². The van der Waals surface area contributed by atoms with E-state index in [9.17, 15) is 0 Å². The standard InChI is InChI=1S/C20H26.2ClH.Zr/c1-3-7-19-15(5-1)9-11-17(19)13-14-18-12-10-16-6-2-4-8-20(16)18;;;/h9-10H,1-8,11-14H2;2*1H;/q;;;+2/p-2. The first-order valence-corrected chi connectivity index (χ1v) is 15.4. The van der Waals surface area contributed by atoms with Gasteiger partial charge in [0, 0.05) is 0 Å². The molecule has 0 bridgehead atoms. The Labute approximate surface area is 159 Å². The van der Waals surface area contributed by atoms with Crippen LogP contribution in [-0.2, 0) is 20.8 Å². The van der Waals surface area contributed by atoms with Crippen molar-refractivity contribution in [3.8, 4) is 0 Å². The van der Waals surface area contributed by atoms with E-state index in [4.69, 9.17) is 17.0 Å². The molecular weight excluding hydrogens is 402 g/mol. The maximum absolute atomic E-state index is 4.93. The Hall–Kier alpha value is 0.423. The Morgan fingerprint density at radius 3 is 1.52 bits per heavy atom. The topological polar surface area (TPSA) is 0 Å². The van der Waals surface area contributed by atoms with Gasteiger partial charge in [0.05, 0.1) is 0 Å². The first-order valence-electron chi connectivity index (χ1n) is 9.10. The number of hydrogen-bond acceptors (Lipinski definition) is 0. The molecule has 0 aromatic carbocycles. The zero-order chi connectivity index (χ0) is 16.1. The molecule has 2 saturated carbocycles. The van der Waals surface area contributed by atoms with Crippen LogP contribution in [-0.4, -0.2) is 0 Å². The molecule has 0 spiro atoms. The number of allylic oxidation sites excluding steroid dienone is 8. The second-order valence-corrected chi connectivity index (χ2v) is 10.7. The third kappa shape index (κ3) is 4.53. The van der Waals surface area contributed by atoms with Gasteiger partial charge in [0.2, 0.25) is 0 Å². The van der Waals surface area contributed by atoms with Crippen LogP contribution in [0.5, 0.6) is 0 Å². The molecule has 0 aromatic heterocycles. The van der Waals surface area contributed by atoms with Gasteiger partial charge in [0.25, 0.3) is 0 Å². The summed E-state index contributed by atoms with van der Waals surface area (Å²) in [6.07, 6.45) is 21.4. The molecule has 0 amide bonds. The van der Waals surface area contributed by atoms with Crippen LogP contribution in [0.4, 0.5) is 0 Å². The van der Waals surface area contributed by atoms with Crippen LogP contribution in [0.2, 0.25) is 0 Å². The molecule has 3 heteroatoms. The predicted molar refractivity (Wildman–Crippen MR) is 97.3 cm³/mol. The van der Waals surface area contributed by atoms with Crippen molar-refractivity contribution in [3.63, 3.8) is 0 Å². The third-order valence-corrected chi connectivity index (χ3v) is 5.79. The van der Waals surface area contributed by atoms with Crippen molar-refractivity contribution in [2.45, 2.75) is 77.0 Å². The van der Waals surface area contributed by atoms with E-state index in [0.717, 1.165) is 0 Å². The summed E-state index contributed by atoms with van der Waals surface area (Å²) in [6, 6.07) is 0. The van der Waals surface area contributed by atoms with Crippen molar-refractivity contribution >= 4 is 17.0 Å². The normalized spacial score (nSPS) is 22.9. The summed E-state index contributed by atoms with van der Waals surface area (Å²) in [7, 11) is 9.87. The fraction of sp³-hybridized carbons (Fsp3) is 0.600. The Bertz CT molecular complexity index is 516. The SMILES string of the molecule is C1=C2CCCCC2=C(CCC2=C3CCCCC3=CC2)C1.[Cl][Zr][Cl]. The van der Waals surface area contributed by atoms with Crippen LogP contribution in [0.3, 0.4) is 0 Å². The first-order chi connectivity index (χ1) is 11.3. The van der Waals surface area contributed by atoms with Crippen molar-refractivity contribution in [2.75, 3.05) is 0 Å². The summed E-state index contributed by atoms with van der Waals surface area (Å²) < 4.78 is 0. The summed E-state index contributed by atoms with van der Waals surface area (Å²) in [5.74, 6) is 0. The van der Waals surface area contributed by atoms with Gasteiger partial charge in [-0.25, -0.2) is 0 Å². The van der Waals surface area contributed by atoms with E-state index < -0.39 is 20.8 Å². The Balaban J connectivity index is 0.000000485. The molecule has 4 rings (SSSR count). The van der Waals surface area contributed by atoms with E-state index >= 15 is 0 Å². The van der Waals surface area contributed by atoms with E-state index in [-0.39, 0.29) is 0 Å². The van der Waals surface area contributed by atoms with Gasteiger partial charge in [-0.3, -0.25) is 0 Å². The number of rotatable bonds is 3. The van der Waals surface area contributed by atoms with Crippen molar-refractivity contribution in [3.05, 3.63) is 45.6 Å². The van der Waals surface area contributed by atoms with Gasteiger partial charge in [-0.05, 0) is 99.3 Å². The fourth-order valence-electron chi connectivity index (χ4n) is 4.66. The van der Waals surface area contributed by atoms with E-state index in [1.54, 1.807) is 33.4 Å². The molecule has 0 nitrogen and oxygen atoms in total. The third-order valence-electron chi connectivity index (χ3n) is 5.79. The molecule has 0 radical (unpaired) electrons. The predicted octanol–water partition coefficient (Wildman–Crippen LogP) is 7.54. The summed E-state index contributed by atoms with van der Waals surface area (Å²) >= 11 is -0.826. The average Bonchev–Trinajstić information content (AvgIpc) is 3.18. The molecule has 0 unspecified atom stereocenters. The van der Waals surface area contributed by atoms with Crippen LogP contribution >= 0.6 is 17.0 Å². The Morgan fingerprint density at radius 1 is 0.696 bits per heavy atom. The van der Waals surface area contributed by atoms with Crippen LogP contribution in [0, 0.1) is 0 Å². The molecule has 124 valence electrons. The summed E-state index contributed by atoms with van der Waals surface area (Å²) in [5, 5.41) is 0. The Kier molecular flexibility index (Phi) is 7.30. The molecule has 4 aliphatic carbocycles. The second-order valence-electron chi connectivity index (χ2n) is 7.02. The monoisotopic (exact) mass is 426 g/mol. The van der Waals surface area contributed by atoms with E-state index in [0.29, 0.717) is 0 Å². The molecule has 0 atom stereocenters. The molecule has 0 saturated heterocycles. The second kappa shape index (κ2) is 9.21. The molecule has 23 heavy (non-hydrogen) atoms. The molecule has 0 heterocycles. The number of hydrogen-bond donors (Lipinski definition) is 0. The van der Waals surface area contributed by atoms with Gasteiger partial charge in [-0.2, -0.15) is 0 Å². The quantitative estimate of drug-likeness (QED) is 0.435. The van der Waals surface area contributed by atoms with Crippen LogP contribution in [0.15, 0.2) is 45.6 Å². The van der Waals surface area contributed by atoms with Gasteiger partial charge >= 0.3 is 37.9 Å². The zero-order valence-corrected chi connectivity index (χ0v) is 17.9. The van der Waals surface area contributed by atoms with Crippen LogP contribution < -0.4 is 0 Å². The zero-order valence-electron chi connectivity index (χ0n) is 13.9. The van der Waals surface area contributed by atoms with Crippen LogP contribution in [0.25, 0.3) is 0 Å². The van der Waals surface area contributed by atoms with Gasteiger partial charge in [-0.1, -0.05) is 23.3 Å². The molecule has 2 fully saturated rings. The van der Waals surface area contributed by atoms with Crippen molar-refractivity contribution in [1.29, 1.82) is 0 Å². The molecule has 0 aliphatic heterocycles. The number of halogens is 2. The Morgan fingerprint density at radius 2 is 1.09 bits per heavy atom. The summed E-state index contributed by atoms with van der Waals surface area (Å²) in [5.41, 5.74) is 10.6. The minimum atomic E-state index is -0.826.